The summed E-state index contributed by atoms with van der Waals surface area (Å²) in [6.07, 6.45) is 3.19. The highest BCUT2D eigenvalue weighted by molar-refractivity contribution is 5.94. The van der Waals surface area contributed by atoms with Crippen LogP contribution in [0.15, 0.2) is 71.5 Å². The highest BCUT2D eigenvalue weighted by Crippen LogP contribution is 2.23. The Bertz CT molecular complexity index is 792. The van der Waals surface area contributed by atoms with E-state index in [9.17, 15) is 9.90 Å². The fourth-order valence-electron chi connectivity index (χ4n) is 2.21. The van der Waals surface area contributed by atoms with Crippen molar-refractivity contribution >= 4 is 5.91 Å². The number of rotatable bonds is 5. The fraction of sp³-hybridized carbons (Fsp3) is 0.105. The largest absolute Gasteiger partial charge is 0.508 e. The summed E-state index contributed by atoms with van der Waals surface area (Å²) in [6, 6.07) is 15.0. The third-order valence-electron chi connectivity index (χ3n) is 3.58. The molecule has 1 heterocycles. The average molecular weight is 323 g/mol. The smallest absolute Gasteiger partial charge is 0.251 e. The number of carbonyl (C=O) groups is 1. The molecule has 1 aromatic heterocycles. The normalized spacial score (nSPS) is 11.7. The molecule has 0 unspecified atom stereocenters. The first-order valence-electron chi connectivity index (χ1n) is 7.52. The number of nitrogens with one attached hydrogen (secondary N) is 1. The van der Waals surface area contributed by atoms with Crippen LogP contribution in [0.4, 0.5) is 0 Å². The van der Waals surface area contributed by atoms with Crippen molar-refractivity contribution in [1.82, 2.24) is 5.32 Å². The summed E-state index contributed by atoms with van der Waals surface area (Å²) < 4.78 is 10.7. The van der Waals surface area contributed by atoms with E-state index in [4.69, 9.17) is 9.15 Å². The van der Waals surface area contributed by atoms with Gasteiger partial charge >= 0.3 is 0 Å². The van der Waals surface area contributed by atoms with Crippen molar-refractivity contribution in [3.05, 3.63) is 78.3 Å². The first-order valence-corrected chi connectivity index (χ1v) is 7.52. The number of phenols is 1. The van der Waals surface area contributed by atoms with Gasteiger partial charge in [0, 0.05) is 11.1 Å². The van der Waals surface area contributed by atoms with Crippen molar-refractivity contribution in [3.63, 3.8) is 0 Å². The number of benzene rings is 2. The van der Waals surface area contributed by atoms with Crippen LogP contribution in [0.5, 0.6) is 17.2 Å². The molecule has 0 saturated heterocycles. The Morgan fingerprint density at radius 2 is 1.67 bits per heavy atom. The summed E-state index contributed by atoms with van der Waals surface area (Å²) in [7, 11) is 0. The number of carbonyl (C=O) groups excluding carboxylic acids is 1. The molecule has 0 bridgehead atoms. The van der Waals surface area contributed by atoms with Crippen molar-refractivity contribution in [2.75, 3.05) is 0 Å². The number of aromatic hydroxyl groups is 1. The van der Waals surface area contributed by atoms with Crippen molar-refractivity contribution in [2.45, 2.75) is 13.0 Å². The van der Waals surface area contributed by atoms with E-state index < -0.39 is 0 Å². The van der Waals surface area contributed by atoms with Gasteiger partial charge in [-0.3, -0.25) is 4.79 Å². The molecule has 3 aromatic rings. The van der Waals surface area contributed by atoms with Crippen LogP contribution in [0.25, 0.3) is 0 Å². The Morgan fingerprint density at radius 3 is 2.25 bits per heavy atom. The minimum absolute atomic E-state index is 0.135. The molecule has 0 fully saturated rings. The summed E-state index contributed by atoms with van der Waals surface area (Å²) in [5.74, 6) is 1.24. The molecule has 122 valence electrons. The Morgan fingerprint density at radius 1 is 1.04 bits per heavy atom. The molecule has 5 heteroatoms. The van der Waals surface area contributed by atoms with Crippen molar-refractivity contribution < 1.29 is 19.1 Å². The van der Waals surface area contributed by atoms with Crippen molar-refractivity contribution in [2.24, 2.45) is 0 Å². The van der Waals surface area contributed by atoms with Crippen molar-refractivity contribution in [3.8, 4) is 17.2 Å². The van der Waals surface area contributed by atoms with Crippen LogP contribution < -0.4 is 10.1 Å². The average Bonchev–Trinajstić information content (AvgIpc) is 3.12. The summed E-state index contributed by atoms with van der Waals surface area (Å²) in [4.78, 5) is 12.2. The maximum atomic E-state index is 12.2. The second-order valence-corrected chi connectivity index (χ2v) is 5.37. The minimum Gasteiger partial charge on any atom is -0.508 e. The highest BCUT2D eigenvalue weighted by Gasteiger charge is 2.12. The fourth-order valence-corrected chi connectivity index (χ4v) is 2.21. The molecular weight excluding hydrogens is 306 g/mol. The van der Waals surface area contributed by atoms with E-state index in [1.807, 2.05) is 13.0 Å². The predicted molar refractivity (Wildman–Crippen MR) is 89.2 cm³/mol. The molecule has 0 aliphatic heterocycles. The molecule has 1 atom stereocenters. The molecule has 1 amide bonds. The van der Waals surface area contributed by atoms with E-state index in [-0.39, 0.29) is 17.7 Å². The monoisotopic (exact) mass is 323 g/mol. The lowest BCUT2D eigenvalue weighted by molar-refractivity contribution is 0.0940. The van der Waals surface area contributed by atoms with Crippen LogP contribution in [0.3, 0.4) is 0 Å². The first-order chi connectivity index (χ1) is 11.6. The Hall–Kier alpha value is -3.21. The topological polar surface area (TPSA) is 71.7 Å². The standard InChI is InChI=1S/C19H17NO4/c1-13(15-10-11-23-12-15)20-19(22)14-2-6-17(7-3-14)24-18-8-4-16(21)5-9-18/h2-13,21H,1H3,(H,20,22)/t13-/m0/s1. The van der Waals surface area contributed by atoms with Gasteiger partial charge in [0.2, 0.25) is 0 Å². The zero-order valence-corrected chi connectivity index (χ0v) is 13.1. The van der Waals surface area contributed by atoms with Gasteiger partial charge < -0.3 is 19.6 Å². The Balaban J connectivity index is 1.63. The molecule has 3 rings (SSSR count). The zero-order chi connectivity index (χ0) is 16.9. The molecular formula is C19H17NO4. The lowest BCUT2D eigenvalue weighted by atomic mass is 10.1. The molecule has 0 saturated carbocycles. The second kappa shape index (κ2) is 6.91. The lowest BCUT2D eigenvalue weighted by Gasteiger charge is -2.12. The summed E-state index contributed by atoms with van der Waals surface area (Å²) in [5, 5.41) is 12.2. The Labute approximate surface area is 139 Å². The van der Waals surface area contributed by atoms with E-state index in [2.05, 4.69) is 5.32 Å². The molecule has 2 aromatic carbocycles. The van der Waals surface area contributed by atoms with Crippen LogP contribution in [-0.2, 0) is 0 Å². The Kier molecular flexibility index (Phi) is 4.52. The van der Waals surface area contributed by atoms with E-state index in [1.54, 1.807) is 61.1 Å². The number of hydrogen-bond donors (Lipinski definition) is 2. The predicted octanol–water partition coefficient (Wildman–Crippen LogP) is 4.27. The zero-order valence-electron chi connectivity index (χ0n) is 13.1. The molecule has 5 nitrogen and oxygen atoms in total. The summed E-state index contributed by atoms with van der Waals surface area (Å²) in [6.45, 7) is 1.89. The van der Waals surface area contributed by atoms with Gasteiger partial charge in [-0.05, 0) is 61.5 Å². The van der Waals surface area contributed by atoms with E-state index >= 15 is 0 Å². The van der Waals surface area contributed by atoms with Gasteiger partial charge in [0.15, 0.2) is 0 Å². The molecule has 0 radical (unpaired) electrons. The summed E-state index contributed by atoms with van der Waals surface area (Å²) in [5.41, 5.74) is 1.46. The highest BCUT2D eigenvalue weighted by atomic mass is 16.5. The number of furan rings is 1. The van der Waals surface area contributed by atoms with Gasteiger partial charge in [-0.25, -0.2) is 0 Å². The van der Waals surface area contributed by atoms with Gasteiger partial charge in [0.05, 0.1) is 18.6 Å². The number of amides is 1. The van der Waals surface area contributed by atoms with Crippen molar-refractivity contribution in [1.29, 1.82) is 0 Å². The van der Waals surface area contributed by atoms with E-state index in [0.29, 0.717) is 17.1 Å². The molecule has 0 aliphatic carbocycles. The van der Waals surface area contributed by atoms with Crippen LogP contribution in [0, 0.1) is 0 Å². The molecule has 0 spiro atoms. The van der Waals surface area contributed by atoms with Crippen LogP contribution in [0.2, 0.25) is 0 Å². The molecule has 24 heavy (non-hydrogen) atoms. The van der Waals surface area contributed by atoms with Gasteiger partial charge in [0.1, 0.15) is 17.2 Å². The van der Waals surface area contributed by atoms with E-state index in [0.717, 1.165) is 5.56 Å². The lowest BCUT2D eigenvalue weighted by Crippen LogP contribution is -2.26. The number of ether oxygens (including phenoxy) is 1. The number of phenolic OH excluding ortho intramolecular Hbond substituents is 1. The minimum atomic E-state index is -0.167. The molecule has 2 N–H and O–H groups in total. The number of hydrogen-bond acceptors (Lipinski definition) is 4. The van der Waals surface area contributed by atoms with Gasteiger partial charge in [-0.2, -0.15) is 0 Å². The van der Waals surface area contributed by atoms with E-state index in [1.165, 1.54) is 0 Å². The maximum absolute atomic E-state index is 12.2. The van der Waals surface area contributed by atoms with Gasteiger partial charge in [0.25, 0.3) is 5.91 Å². The van der Waals surface area contributed by atoms with Crippen LogP contribution >= 0.6 is 0 Å². The van der Waals surface area contributed by atoms with Crippen LogP contribution in [0.1, 0.15) is 28.9 Å². The van der Waals surface area contributed by atoms with Gasteiger partial charge in [-0.15, -0.1) is 0 Å². The third kappa shape index (κ3) is 3.76. The first kappa shape index (κ1) is 15.7. The molecule has 0 aliphatic rings. The SMILES string of the molecule is C[C@H](NC(=O)c1ccc(Oc2ccc(O)cc2)cc1)c1ccoc1. The quantitative estimate of drug-likeness (QED) is 0.735. The second-order valence-electron chi connectivity index (χ2n) is 5.37. The van der Waals surface area contributed by atoms with Gasteiger partial charge in [-0.1, -0.05) is 0 Å². The maximum Gasteiger partial charge on any atom is 0.251 e. The summed E-state index contributed by atoms with van der Waals surface area (Å²) >= 11 is 0. The third-order valence-corrected chi connectivity index (χ3v) is 3.58. The van der Waals surface area contributed by atoms with Crippen LogP contribution in [-0.4, -0.2) is 11.0 Å².